The highest BCUT2D eigenvalue weighted by atomic mass is 16.2. The van der Waals surface area contributed by atoms with Gasteiger partial charge in [0.2, 0.25) is 0 Å². The Morgan fingerprint density at radius 1 is 1.05 bits per heavy atom. The first-order chi connectivity index (χ1) is 10.6. The minimum absolute atomic E-state index is 0.000711. The summed E-state index contributed by atoms with van der Waals surface area (Å²) in [5.74, 6) is 0.000711. The number of para-hydroxylation sites is 1. The van der Waals surface area contributed by atoms with Gasteiger partial charge in [-0.15, -0.1) is 0 Å². The molecule has 0 bridgehead atoms. The first-order valence-electron chi connectivity index (χ1n) is 7.77. The Hall–Kier alpha value is -2.35. The van der Waals surface area contributed by atoms with E-state index in [9.17, 15) is 4.79 Å². The van der Waals surface area contributed by atoms with E-state index in [4.69, 9.17) is 0 Å². The summed E-state index contributed by atoms with van der Waals surface area (Å²) in [6.45, 7) is 6.18. The van der Waals surface area contributed by atoms with Crippen LogP contribution in [0.1, 0.15) is 31.9 Å². The summed E-state index contributed by atoms with van der Waals surface area (Å²) in [5, 5.41) is 0. The molecule has 0 unspecified atom stereocenters. The van der Waals surface area contributed by atoms with Crippen LogP contribution in [0.2, 0.25) is 0 Å². The second-order valence-electron chi connectivity index (χ2n) is 5.57. The number of hydrogen-bond acceptors (Lipinski definition) is 1. The van der Waals surface area contributed by atoms with E-state index in [1.165, 1.54) is 5.56 Å². The Balaban J connectivity index is 2.15. The quantitative estimate of drug-likeness (QED) is 0.731. The average molecular weight is 293 g/mol. The molecule has 0 saturated heterocycles. The molecular weight excluding hydrogens is 270 g/mol. The van der Waals surface area contributed by atoms with Crippen LogP contribution in [0, 0.1) is 0 Å². The minimum atomic E-state index is 0.000711. The molecular formula is C20H23NO. The fourth-order valence-electron chi connectivity index (χ4n) is 2.38. The molecule has 0 N–H and O–H groups in total. The third-order valence-electron chi connectivity index (χ3n) is 3.59. The van der Waals surface area contributed by atoms with Crippen LogP contribution in [0.15, 0.2) is 60.7 Å². The number of amides is 1. The van der Waals surface area contributed by atoms with Crippen molar-refractivity contribution in [1.82, 2.24) is 0 Å². The zero-order valence-corrected chi connectivity index (χ0v) is 13.5. The maximum absolute atomic E-state index is 12.5. The van der Waals surface area contributed by atoms with E-state index < -0.39 is 0 Å². The molecule has 2 rings (SSSR count). The lowest BCUT2D eigenvalue weighted by molar-refractivity contribution is -0.114. The van der Waals surface area contributed by atoms with Gasteiger partial charge in [0.05, 0.1) is 0 Å². The van der Waals surface area contributed by atoms with Crippen LogP contribution in [-0.2, 0) is 11.2 Å². The van der Waals surface area contributed by atoms with E-state index in [0.29, 0.717) is 0 Å². The van der Waals surface area contributed by atoms with Gasteiger partial charge < -0.3 is 4.90 Å². The molecule has 0 saturated carbocycles. The molecule has 114 valence electrons. The molecule has 0 fully saturated rings. The maximum atomic E-state index is 12.5. The van der Waals surface area contributed by atoms with Gasteiger partial charge in [-0.1, -0.05) is 49.4 Å². The molecule has 1 amide bonds. The molecule has 0 spiro atoms. The number of carbonyl (C=O) groups is 1. The molecule has 0 aliphatic heterocycles. The van der Waals surface area contributed by atoms with Crippen molar-refractivity contribution in [2.75, 3.05) is 4.90 Å². The normalized spacial score (nSPS) is 11.1. The first-order valence-corrected chi connectivity index (χ1v) is 7.77. The van der Waals surface area contributed by atoms with E-state index >= 15 is 0 Å². The van der Waals surface area contributed by atoms with Crippen molar-refractivity contribution >= 4 is 17.7 Å². The van der Waals surface area contributed by atoms with Crippen molar-refractivity contribution < 1.29 is 4.79 Å². The van der Waals surface area contributed by atoms with Gasteiger partial charge in [-0.25, -0.2) is 0 Å². The molecule has 2 aromatic carbocycles. The standard InChI is InChI=1S/C20H23NO/c1-4-17-10-12-18(13-11-17)14-15-20(22)21(16(2)3)19-8-6-5-7-9-19/h5-16H,4H2,1-3H3/b15-14+. The van der Waals surface area contributed by atoms with Crippen molar-refractivity contribution in [3.05, 3.63) is 71.8 Å². The summed E-state index contributed by atoms with van der Waals surface area (Å²) >= 11 is 0. The van der Waals surface area contributed by atoms with Crippen molar-refractivity contribution in [1.29, 1.82) is 0 Å². The smallest absolute Gasteiger partial charge is 0.251 e. The van der Waals surface area contributed by atoms with Crippen molar-refractivity contribution in [2.45, 2.75) is 33.2 Å². The van der Waals surface area contributed by atoms with E-state index in [1.807, 2.05) is 62.4 Å². The van der Waals surface area contributed by atoms with Crippen molar-refractivity contribution in [3.63, 3.8) is 0 Å². The molecule has 2 aromatic rings. The van der Waals surface area contributed by atoms with E-state index in [0.717, 1.165) is 17.7 Å². The predicted octanol–water partition coefficient (Wildman–Crippen LogP) is 4.70. The van der Waals surface area contributed by atoms with Gasteiger partial charge in [-0.05, 0) is 49.6 Å². The Kier molecular flexibility index (Phi) is 5.54. The fraction of sp³-hybridized carbons (Fsp3) is 0.250. The fourth-order valence-corrected chi connectivity index (χ4v) is 2.38. The van der Waals surface area contributed by atoms with Gasteiger partial charge in [0.25, 0.3) is 5.91 Å². The highest BCUT2D eigenvalue weighted by Crippen LogP contribution is 2.17. The summed E-state index contributed by atoms with van der Waals surface area (Å²) in [4.78, 5) is 14.3. The van der Waals surface area contributed by atoms with Crippen LogP contribution in [0.3, 0.4) is 0 Å². The molecule has 2 nitrogen and oxygen atoms in total. The Bertz CT molecular complexity index is 627. The molecule has 0 radical (unpaired) electrons. The molecule has 0 aromatic heterocycles. The highest BCUT2D eigenvalue weighted by Gasteiger charge is 2.16. The van der Waals surface area contributed by atoms with Crippen LogP contribution in [0.5, 0.6) is 0 Å². The SMILES string of the molecule is CCc1ccc(/C=C/C(=O)N(c2ccccc2)C(C)C)cc1. The number of carbonyl (C=O) groups excluding carboxylic acids is 1. The topological polar surface area (TPSA) is 20.3 Å². The Morgan fingerprint density at radius 3 is 2.23 bits per heavy atom. The van der Waals surface area contributed by atoms with Gasteiger partial charge >= 0.3 is 0 Å². The third kappa shape index (κ3) is 4.08. The summed E-state index contributed by atoms with van der Waals surface area (Å²) in [6, 6.07) is 18.2. The second kappa shape index (κ2) is 7.60. The van der Waals surface area contributed by atoms with Crippen molar-refractivity contribution in [2.24, 2.45) is 0 Å². The first kappa shape index (κ1) is 16.0. The van der Waals surface area contributed by atoms with Crippen LogP contribution in [0.25, 0.3) is 6.08 Å². The maximum Gasteiger partial charge on any atom is 0.251 e. The largest absolute Gasteiger partial charge is 0.306 e. The lowest BCUT2D eigenvalue weighted by atomic mass is 10.1. The molecule has 0 atom stereocenters. The van der Waals surface area contributed by atoms with E-state index in [2.05, 4.69) is 19.1 Å². The number of hydrogen-bond donors (Lipinski definition) is 0. The summed E-state index contributed by atoms with van der Waals surface area (Å²) < 4.78 is 0. The van der Waals surface area contributed by atoms with Gasteiger partial charge in [0, 0.05) is 17.8 Å². The third-order valence-corrected chi connectivity index (χ3v) is 3.59. The van der Waals surface area contributed by atoms with E-state index in [1.54, 1.807) is 11.0 Å². The molecule has 0 heterocycles. The predicted molar refractivity (Wildman–Crippen MR) is 93.9 cm³/mol. The monoisotopic (exact) mass is 293 g/mol. The summed E-state index contributed by atoms with van der Waals surface area (Å²) in [6.07, 6.45) is 4.55. The van der Waals surface area contributed by atoms with Crippen LogP contribution in [0.4, 0.5) is 5.69 Å². The molecule has 0 aliphatic rings. The second-order valence-corrected chi connectivity index (χ2v) is 5.57. The van der Waals surface area contributed by atoms with Gasteiger partial charge in [0.15, 0.2) is 0 Å². The zero-order valence-electron chi connectivity index (χ0n) is 13.5. The van der Waals surface area contributed by atoms with Gasteiger partial charge in [0.1, 0.15) is 0 Å². The van der Waals surface area contributed by atoms with Crippen LogP contribution in [-0.4, -0.2) is 11.9 Å². The molecule has 2 heteroatoms. The minimum Gasteiger partial charge on any atom is -0.306 e. The number of nitrogens with zero attached hydrogens (tertiary/aromatic N) is 1. The number of anilines is 1. The van der Waals surface area contributed by atoms with E-state index in [-0.39, 0.29) is 11.9 Å². The number of aryl methyl sites for hydroxylation is 1. The number of rotatable bonds is 5. The number of benzene rings is 2. The molecule has 0 aliphatic carbocycles. The summed E-state index contributed by atoms with van der Waals surface area (Å²) in [7, 11) is 0. The van der Waals surface area contributed by atoms with Gasteiger partial charge in [-0.2, -0.15) is 0 Å². The lowest BCUT2D eigenvalue weighted by Crippen LogP contribution is -2.35. The lowest BCUT2D eigenvalue weighted by Gasteiger charge is -2.25. The molecule has 22 heavy (non-hydrogen) atoms. The zero-order chi connectivity index (χ0) is 15.9. The Morgan fingerprint density at radius 2 is 1.68 bits per heavy atom. The average Bonchev–Trinajstić information content (AvgIpc) is 2.54. The highest BCUT2D eigenvalue weighted by molar-refractivity contribution is 6.04. The van der Waals surface area contributed by atoms with Crippen LogP contribution < -0.4 is 4.90 Å². The van der Waals surface area contributed by atoms with Crippen molar-refractivity contribution in [3.8, 4) is 0 Å². The van der Waals surface area contributed by atoms with Crippen LogP contribution >= 0.6 is 0 Å². The van der Waals surface area contributed by atoms with Gasteiger partial charge in [-0.3, -0.25) is 4.79 Å². The Labute approximate surface area is 133 Å². The summed E-state index contributed by atoms with van der Waals surface area (Å²) in [5.41, 5.74) is 3.27.